The summed E-state index contributed by atoms with van der Waals surface area (Å²) >= 11 is 1.15. The normalized spacial score (nSPS) is 12.6. The van der Waals surface area contributed by atoms with Crippen LogP contribution in [0, 0.1) is 5.82 Å². The van der Waals surface area contributed by atoms with Crippen molar-refractivity contribution < 1.29 is 26.0 Å². The van der Waals surface area contributed by atoms with Crippen LogP contribution in [0.15, 0.2) is 94.2 Å². The number of sulfone groups is 1. The molecular weight excluding hydrogens is 525 g/mol. The van der Waals surface area contributed by atoms with Crippen molar-refractivity contribution in [3.8, 4) is 0 Å². The summed E-state index contributed by atoms with van der Waals surface area (Å²) in [5.74, 6) is -1.18. The van der Waals surface area contributed by atoms with Crippen molar-refractivity contribution in [2.45, 2.75) is 16.3 Å². The van der Waals surface area contributed by atoms with Crippen molar-refractivity contribution in [3.05, 3.63) is 95.6 Å². The van der Waals surface area contributed by atoms with Crippen molar-refractivity contribution in [1.82, 2.24) is 4.57 Å². The fourth-order valence-electron chi connectivity index (χ4n) is 3.37. The number of benzene rings is 3. The van der Waals surface area contributed by atoms with Gasteiger partial charge in [0.25, 0.3) is 15.9 Å². The van der Waals surface area contributed by atoms with Gasteiger partial charge < -0.3 is 4.57 Å². The lowest BCUT2D eigenvalue weighted by molar-refractivity contribution is 0.0998. The van der Waals surface area contributed by atoms with E-state index in [0.29, 0.717) is 21.6 Å². The quantitative estimate of drug-likeness (QED) is 0.353. The number of nitrogens with one attached hydrogen (secondary N) is 1. The highest BCUT2D eigenvalue weighted by Gasteiger charge is 2.16. The van der Waals surface area contributed by atoms with Crippen LogP contribution in [0.4, 0.5) is 10.1 Å². The first-order valence-electron chi connectivity index (χ1n) is 10.4. The first-order valence-corrected chi connectivity index (χ1v) is 14.6. The van der Waals surface area contributed by atoms with E-state index in [1.807, 2.05) is 0 Å². The average Bonchev–Trinajstić information content (AvgIpc) is 3.15. The van der Waals surface area contributed by atoms with Crippen LogP contribution in [0.2, 0.25) is 0 Å². The molecule has 1 N–H and O–H groups in total. The van der Waals surface area contributed by atoms with Crippen LogP contribution in [0.5, 0.6) is 0 Å². The third kappa shape index (κ3) is 5.45. The Morgan fingerprint density at radius 2 is 1.75 bits per heavy atom. The van der Waals surface area contributed by atoms with E-state index in [0.717, 1.165) is 41.9 Å². The number of hydrogen-bond donors (Lipinski definition) is 1. The fraction of sp³-hybridized carbons (Fsp3) is 0.0833. The van der Waals surface area contributed by atoms with E-state index >= 15 is 0 Å². The van der Waals surface area contributed by atoms with Gasteiger partial charge in [-0.25, -0.2) is 21.2 Å². The molecule has 0 aliphatic rings. The molecule has 1 heterocycles. The van der Waals surface area contributed by atoms with Crippen molar-refractivity contribution >= 4 is 53.0 Å². The number of aromatic nitrogens is 1. The Labute approximate surface area is 211 Å². The van der Waals surface area contributed by atoms with Crippen LogP contribution >= 0.6 is 11.3 Å². The summed E-state index contributed by atoms with van der Waals surface area (Å²) in [4.78, 5) is 17.5. The average molecular weight is 546 g/mol. The number of carbonyl (C=O) groups excluding carboxylic acids is 1. The zero-order chi connectivity index (χ0) is 26.1. The Hall–Kier alpha value is -3.61. The topological polar surface area (TPSA) is 115 Å². The maximum Gasteiger partial charge on any atom is 0.279 e. The number of nitrogens with zero attached hydrogens (tertiary/aromatic N) is 2. The van der Waals surface area contributed by atoms with Gasteiger partial charge in [-0.3, -0.25) is 9.52 Å². The van der Waals surface area contributed by atoms with E-state index in [9.17, 15) is 26.0 Å². The minimum absolute atomic E-state index is 0.130. The van der Waals surface area contributed by atoms with Crippen molar-refractivity contribution in [1.29, 1.82) is 0 Å². The van der Waals surface area contributed by atoms with Crippen LogP contribution in [0.1, 0.15) is 10.4 Å². The number of halogens is 1. The van der Waals surface area contributed by atoms with Crippen LogP contribution < -0.4 is 9.52 Å². The highest BCUT2D eigenvalue weighted by Crippen LogP contribution is 2.23. The lowest BCUT2D eigenvalue weighted by atomic mass is 10.2. The zero-order valence-corrected chi connectivity index (χ0v) is 21.3. The Kier molecular flexibility index (Phi) is 6.94. The van der Waals surface area contributed by atoms with Gasteiger partial charge in [-0.15, -0.1) is 6.58 Å². The molecule has 0 unspecified atom stereocenters. The third-order valence-electron chi connectivity index (χ3n) is 5.08. The number of hydrogen-bond acceptors (Lipinski definition) is 6. The van der Waals surface area contributed by atoms with Crippen molar-refractivity contribution in [2.24, 2.45) is 4.99 Å². The summed E-state index contributed by atoms with van der Waals surface area (Å²) in [7, 11) is -7.41. The number of rotatable bonds is 7. The summed E-state index contributed by atoms with van der Waals surface area (Å²) in [5, 5.41) is 0. The number of allylic oxidation sites excluding steroid dienone is 1. The molecule has 4 aromatic rings. The molecule has 0 fully saturated rings. The van der Waals surface area contributed by atoms with Crippen LogP contribution in [0.25, 0.3) is 10.2 Å². The fourth-order valence-corrected chi connectivity index (χ4v) is 6.22. The smallest absolute Gasteiger partial charge is 0.279 e. The second kappa shape index (κ2) is 9.80. The molecule has 1 amide bonds. The van der Waals surface area contributed by atoms with Gasteiger partial charge in [0.15, 0.2) is 14.6 Å². The SMILES string of the molecule is C=CCn1c(=NC(=O)c2cccc(NS(=O)(=O)c3ccc(F)cc3)c2)sc2cc(S(C)(=O)=O)ccc21. The standard InChI is InChI=1S/C24H20FN3O5S3/c1-3-13-28-21-12-11-20(35(2,30)31)15-22(21)34-24(28)26-23(29)16-5-4-6-18(14-16)27-36(32,33)19-9-7-17(25)8-10-19/h3-12,14-15,27H,1,13H2,2H3. The second-order valence-electron chi connectivity index (χ2n) is 7.74. The minimum atomic E-state index is -4.00. The lowest BCUT2D eigenvalue weighted by Crippen LogP contribution is -2.16. The molecule has 0 radical (unpaired) electrons. The van der Waals surface area contributed by atoms with Gasteiger partial charge in [0, 0.05) is 24.1 Å². The third-order valence-corrected chi connectivity index (χ3v) is 8.63. The lowest BCUT2D eigenvalue weighted by Gasteiger charge is -2.09. The summed E-state index contributed by atoms with van der Waals surface area (Å²) in [6.45, 7) is 4.06. The molecule has 0 spiro atoms. The van der Waals surface area contributed by atoms with Gasteiger partial charge >= 0.3 is 0 Å². The molecule has 36 heavy (non-hydrogen) atoms. The van der Waals surface area contributed by atoms with Gasteiger partial charge in [0.2, 0.25) is 0 Å². The Balaban J connectivity index is 1.70. The first kappa shape index (κ1) is 25.5. The van der Waals surface area contributed by atoms with E-state index in [1.165, 1.54) is 36.4 Å². The van der Waals surface area contributed by atoms with Gasteiger partial charge in [0.1, 0.15) is 5.82 Å². The van der Waals surface area contributed by atoms with Gasteiger partial charge in [-0.2, -0.15) is 4.99 Å². The molecule has 8 nitrogen and oxygen atoms in total. The molecule has 3 aromatic carbocycles. The van der Waals surface area contributed by atoms with Crippen LogP contribution in [0.3, 0.4) is 0 Å². The van der Waals surface area contributed by atoms with Gasteiger partial charge in [-0.05, 0) is 60.7 Å². The predicted molar refractivity (Wildman–Crippen MR) is 137 cm³/mol. The Morgan fingerprint density at radius 3 is 2.42 bits per heavy atom. The molecule has 0 saturated carbocycles. The van der Waals surface area contributed by atoms with Crippen molar-refractivity contribution in [2.75, 3.05) is 11.0 Å². The van der Waals surface area contributed by atoms with Crippen LogP contribution in [-0.2, 0) is 26.4 Å². The highest BCUT2D eigenvalue weighted by molar-refractivity contribution is 7.92. The van der Waals surface area contributed by atoms with E-state index < -0.39 is 31.6 Å². The molecule has 0 aliphatic carbocycles. The molecule has 1 aromatic heterocycles. The Bertz CT molecular complexity index is 1770. The first-order chi connectivity index (χ1) is 17.0. The number of amides is 1. The Morgan fingerprint density at radius 1 is 1.06 bits per heavy atom. The largest absolute Gasteiger partial charge is 0.312 e. The number of sulfonamides is 1. The predicted octanol–water partition coefficient (Wildman–Crippen LogP) is 3.97. The summed E-state index contributed by atoms with van der Waals surface area (Å²) < 4.78 is 66.9. The maximum absolute atomic E-state index is 13.1. The second-order valence-corrected chi connectivity index (χ2v) is 12.5. The molecule has 0 bridgehead atoms. The molecule has 12 heteroatoms. The number of anilines is 1. The van der Waals surface area contributed by atoms with Gasteiger partial charge in [-0.1, -0.05) is 23.5 Å². The minimum Gasteiger partial charge on any atom is -0.312 e. The maximum atomic E-state index is 13.1. The van der Waals surface area contributed by atoms with Gasteiger partial charge in [0.05, 0.1) is 20.0 Å². The molecular formula is C24H20FN3O5S3. The van der Waals surface area contributed by atoms with E-state index in [-0.39, 0.29) is 21.0 Å². The number of carbonyl (C=O) groups is 1. The molecule has 0 atom stereocenters. The van der Waals surface area contributed by atoms with E-state index in [2.05, 4.69) is 16.3 Å². The highest BCUT2D eigenvalue weighted by atomic mass is 32.2. The molecule has 186 valence electrons. The number of fused-ring (bicyclic) bond motifs is 1. The molecule has 0 aliphatic heterocycles. The molecule has 4 rings (SSSR count). The van der Waals surface area contributed by atoms with E-state index in [1.54, 1.807) is 16.7 Å². The summed E-state index contributed by atoms with van der Waals surface area (Å²) in [5.41, 5.74) is 0.960. The van der Waals surface area contributed by atoms with Crippen LogP contribution in [-0.4, -0.2) is 33.6 Å². The number of thiazole rings is 1. The summed E-state index contributed by atoms with van der Waals surface area (Å²) in [6.07, 6.45) is 2.75. The molecule has 0 saturated heterocycles. The monoisotopic (exact) mass is 545 g/mol. The van der Waals surface area contributed by atoms with E-state index in [4.69, 9.17) is 0 Å². The van der Waals surface area contributed by atoms with Crippen molar-refractivity contribution in [3.63, 3.8) is 0 Å². The zero-order valence-electron chi connectivity index (χ0n) is 18.9. The summed E-state index contributed by atoms with van der Waals surface area (Å²) in [6, 6.07) is 14.8.